The number of nitrogens with one attached hydrogen (secondary N) is 3. The predicted octanol–water partition coefficient (Wildman–Crippen LogP) is 1.86. The second-order valence-electron chi connectivity index (χ2n) is 5.19. The molecule has 27 heavy (non-hydrogen) atoms. The van der Waals surface area contributed by atoms with Gasteiger partial charge >= 0.3 is 0 Å². The third kappa shape index (κ3) is 4.74. The van der Waals surface area contributed by atoms with E-state index in [1.807, 2.05) is 5.48 Å². The van der Waals surface area contributed by atoms with Crippen molar-refractivity contribution in [1.82, 2.24) is 10.8 Å². The molecule has 7 nitrogen and oxygen atoms in total. The highest BCUT2D eigenvalue weighted by atomic mass is 19.2. The van der Waals surface area contributed by atoms with Crippen LogP contribution in [0.3, 0.4) is 0 Å². The van der Waals surface area contributed by atoms with Gasteiger partial charge in [0.2, 0.25) is 0 Å². The second-order valence-corrected chi connectivity index (χ2v) is 5.19. The van der Waals surface area contributed by atoms with E-state index in [9.17, 15) is 22.8 Å². The van der Waals surface area contributed by atoms with Crippen LogP contribution in [0, 0.1) is 17.5 Å². The number of anilines is 2. The highest BCUT2D eigenvalue weighted by Gasteiger charge is 2.20. The number of aliphatic hydroxyl groups excluding tert-OH is 1. The van der Waals surface area contributed by atoms with Gasteiger partial charge in [-0.1, -0.05) is 0 Å². The van der Waals surface area contributed by atoms with Gasteiger partial charge in [-0.15, -0.1) is 0 Å². The number of aliphatic hydroxyl groups is 1. The number of benzene rings is 2. The van der Waals surface area contributed by atoms with Crippen LogP contribution in [0.1, 0.15) is 20.7 Å². The lowest BCUT2D eigenvalue weighted by Gasteiger charge is -2.14. The number of hydrogen-bond acceptors (Lipinski definition) is 5. The molecule has 2 rings (SSSR count). The lowest BCUT2D eigenvalue weighted by atomic mass is 10.1. The van der Waals surface area contributed by atoms with Crippen molar-refractivity contribution in [3.63, 3.8) is 0 Å². The van der Waals surface area contributed by atoms with Gasteiger partial charge in [-0.3, -0.25) is 14.4 Å². The predicted molar refractivity (Wildman–Crippen MR) is 89.9 cm³/mol. The number of amides is 2. The SMILES string of the molecule is CNC(=O)c1ccc(Nc2c(C(=O)NOCCO)ccc(F)c2F)c(F)c1. The van der Waals surface area contributed by atoms with E-state index in [1.54, 1.807) is 0 Å². The molecule has 0 aliphatic rings. The maximum Gasteiger partial charge on any atom is 0.277 e. The lowest BCUT2D eigenvalue weighted by molar-refractivity contribution is 0.0168. The fraction of sp³-hybridized carbons (Fsp3) is 0.176. The molecule has 0 unspecified atom stereocenters. The van der Waals surface area contributed by atoms with Crippen LogP contribution in [0.15, 0.2) is 30.3 Å². The standard InChI is InChI=1S/C17H16F3N3O4/c1-21-16(25)9-2-5-13(12(19)8-9)22-15-10(3-4-11(18)14(15)20)17(26)23-27-7-6-24/h2-5,8,22,24H,6-7H2,1H3,(H,21,25)(H,23,26). The average Bonchev–Trinajstić information content (AvgIpc) is 2.66. The molecule has 0 saturated heterocycles. The molecule has 4 N–H and O–H groups in total. The van der Waals surface area contributed by atoms with E-state index >= 15 is 0 Å². The molecular weight excluding hydrogens is 367 g/mol. The normalized spacial score (nSPS) is 10.4. The van der Waals surface area contributed by atoms with Gasteiger partial charge in [0.25, 0.3) is 11.8 Å². The van der Waals surface area contributed by atoms with E-state index < -0.39 is 35.0 Å². The number of carbonyl (C=O) groups excluding carboxylic acids is 2. The maximum atomic E-state index is 14.2. The molecule has 0 saturated carbocycles. The van der Waals surface area contributed by atoms with Gasteiger partial charge < -0.3 is 15.7 Å². The Morgan fingerprint density at radius 3 is 2.44 bits per heavy atom. The number of hydroxylamine groups is 1. The van der Waals surface area contributed by atoms with E-state index in [-0.39, 0.29) is 30.0 Å². The Bertz CT molecular complexity index is 862. The highest BCUT2D eigenvalue weighted by molar-refractivity contribution is 6.00. The van der Waals surface area contributed by atoms with Crippen LogP contribution in [0.2, 0.25) is 0 Å². The van der Waals surface area contributed by atoms with E-state index in [2.05, 4.69) is 15.5 Å². The molecule has 2 amide bonds. The summed E-state index contributed by atoms with van der Waals surface area (Å²) < 4.78 is 42.0. The summed E-state index contributed by atoms with van der Waals surface area (Å²) in [6, 6.07) is 5.03. The summed E-state index contributed by atoms with van der Waals surface area (Å²) in [5, 5.41) is 13.3. The maximum absolute atomic E-state index is 14.2. The van der Waals surface area contributed by atoms with E-state index in [4.69, 9.17) is 5.11 Å². The molecule has 0 bridgehead atoms. The molecule has 0 atom stereocenters. The summed E-state index contributed by atoms with van der Waals surface area (Å²) in [6.45, 7) is -0.584. The van der Waals surface area contributed by atoms with E-state index in [0.717, 1.165) is 24.3 Å². The molecular formula is C17H16F3N3O4. The first kappa shape index (κ1) is 20.2. The van der Waals surface area contributed by atoms with Crippen LogP contribution in [-0.4, -0.2) is 37.2 Å². The van der Waals surface area contributed by atoms with E-state index in [1.165, 1.54) is 13.1 Å². The summed E-state index contributed by atoms with van der Waals surface area (Å²) in [5.74, 6) is -5.04. The molecule has 0 radical (unpaired) electrons. The number of halogens is 3. The van der Waals surface area contributed by atoms with Gasteiger partial charge in [0.05, 0.1) is 30.2 Å². The summed E-state index contributed by atoms with van der Waals surface area (Å²) in [7, 11) is 1.37. The summed E-state index contributed by atoms with van der Waals surface area (Å²) in [5.41, 5.74) is 0.709. The van der Waals surface area contributed by atoms with Crippen molar-refractivity contribution < 1.29 is 32.7 Å². The monoisotopic (exact) mass is 383 g/mol. The van der Waals surface area contributed by atoms with Gasteiger partial charge in [-0.25, -0.2) is 18.7 Å². The first-order valence-electron chi connectivity index (χ1n) is 7.68. The molecule has 0 aromatic heterocycles. The van der Waals surface area contributed by atoms with Crippen molar-refractivity contribution in [3.8, 4) is 0 Å². The van der Waals surface area contributed by atoms with Crippen LogP contribution in [0.4, 0.5) is 24.5 Å². The summed E-state index contributed by atoms with van der Waals surface area (Å²) in [4.78, 5) is 28.2. The number of carbonyl (C=O) groups is 2. The van der Waals surface area contributed by atoms with Gasteiger partial charge in [0.1, 0.15) is 5.82 Å². The topological polar surface area (TPSA) is 99.7 Å². The van der Waals surface area contributed by atoms with Crippen LogP contribution >= 0.6 is 0 Å². The Morgan fingerprint density at radius 2 is 1.81 bits per heavy atom. The molecule has 0 fully saturated rings. The highest BCUT2D eigenvalue weighted by Crippen LogP contribution is 2.28. The molecule has 0 aliphatic carbocycles. The van der Waals surface area contributed by atoms with Crippen LogP contribution in [0.25, 0.3) is 0 Å². The smallest absolute Gasteiger partial charge is 0.277 e. The second kappa shape index (κ2) is 9.01. The van der Waals surface area contributed by atoms with Crippen molar-refractivity contribution >= 4 is 23.2 Å². The Labute approximate surface area is 152 Å². The third-order valence-corrected chi connectivity index (χ3v) is 3.42. The molecule has 0 heterocycles. The molecule has 2 aromatic rings. The number of rotatable bonds is 7. The zero-order valence-corrected chi connectivity index (χ0v) is 14.1. The molecule has 144 valence electrons. The zero-order valence-electron chi connectivity index (χ0n) is 14.1. The Morgan fingerprint density at radius 1 is 1.07 bits per heavy atom. The molecule has 0 spiro atoms. The van der Waals surface area contributed by atoms with Crippen LogP contribution in [-0.2, 0) is 4.84 Å². The zero-order chi connectivity index (χ0) is 20.0. The van der Waals surface area contributed by atoms with Gasteiger partial charge in [0.15, 0.2) is 11.6 Å². The average molecular weight is 383 g/mol. The molecule has 10 heteroatoms. The fourth-order valence-corrected chi connectivity index (χ4v) is 2.12. The Kier molecular flexibility index (Phi) is 6.74. The van der Waals surface area contributed by atoms with Gasteiger partial charge in [-0.2, -0.15) is 0 Å². The van der Waals surface area contributed by atoms with Gasteiger partial charge in [-0.05, 0) is 30.3 Å². The van der Waals surface area contributed by atoms with Crippen molar-refractivity contribution in [3.05, 3.63) is 58.9 Å². The summed E-state index contributed by atoms with van der Waals surface area (Å²) in [6.07, 6.45) is 0. The minimum atomic E-state index is -1.40. The summed E-state index contributed by atoms with van der Waals surface area (Å²) >= 11 is 0. The first-order chi connectivity index (χ1) is 12.9. The molecule has 2 aromatic carbocycles. The Hall–Kier alpha value is -3.11. The van der Waals surface area contributed by atoms with Crippen LogP contribution in [0.5, 0.6) is 0 Å². The van der Waals surface area contributed by atoms with Crippen molar-refractivity contribution in [2.45, 2.75) is 0 Å². The van der Waals surface area contributed by atoms with Crippen LogP contribution < -0.4 is 16.1 Å². The van der Waals surface area contributed by atoms with Crippen molar-refractivity contribution in [2.24, 2.45) is 0 Å². The number of hydrogen-bond donors (Lipinski definition) is 4. The van der Waals surface area contributed by atoms with E-state index in [0.29, 0.717) is 0 Å². The Balaban J connectivity index is 2.36. The quantitative estimate of drug-likeness (QED) is 0.432. The molecule has 0 aliphatic heterocycles. The van der Waals surface area contributed by atoms with Gasteiger partial charge in [0, 0.05) is 12.6 Å². The van der Waals surface area contributed by atoms with Crippen molar-refractivity contribution in [1.29, 1.82) is 0 Å². The largest absolute Gasteiger partial charge is 0.394 e. The minimum absolute atomic E-state index is 0.0237. The first-order valence-corrected chi connectivity index (χ1v) is 7.68. The van der Waals surface area contributed by atoms with Crippen molar-refractivity contribution in [2.75, 3.05) is 25.6 Å². The fourth-order valence-electron chi connectivity index (χ4n) is 2.12. The lowest BCUT2D eigenvalue weighted by Crippen LogP contribution is -2.26. The minimum Gasteiger partial charge on any atom is -0.394 e. The third-order valence-electron chi connectivity index (χ3n) is 3.42.